The van der Waals surface area contributed by atoms with Gasteiger partial charge in [-0.1, -0.05) is 35.9 Å². The summed E-state index contributed by atoms with van der Waals surface area (Å²) < 4.78 is 46.6. The van der Waals surface area contributed by atoms with Crippen molar-refractivity contribution in [1.82, 2.24) is 4.90 Å². The van der Waals surface area contributed by atoms with Crippen molar-refractivity contribution >= 4 is 29.1 Å². The van der Waals surface area contributed by atoms with Crippen LogP contribution in [0.2, 0.25) is 5.02 Å². The lowest BCUT2D eigenvalue weighted by Crippen LogP contribution is -2.65. The smallest absolute Gasteiger partial charge is 0.270 e. The molecule has 2 heterocycles. The molecule has 2 aromatic carbocycles. The molecule has 164 valence electrons. The van der Waals surface area contributed by atoms with Gasteiger partial charge in [-0.3, -0.25) is 14.5 Å². The highest BCUT2D eigenvalue weighted by Gasteiger charge is 2.47. The monoisotopic (exact) mass is 452 g/mol. The van der Waals surface area contributed by atoms with E-state index in [1.807, 2.05) is 0 Å². The van der Waals surface area contributed by atoms with Gasteiger partial charge in [-0.25, -0.2) is 13.2 Å². The molecule has 4 rings (SSSR count). The molecule has 2 fully saturated rings. The lowest BCUT2D eigenvalue weighted by molar-refractivity contribution is -0.155. The number of benzene rings is 2. The fourth-order valence-corrected chi connectivity index (χ4v) is 3.99. The number of alkyl halides is 2. The molecule has 0 bridgehead atoms. The van der Waals surface area contributed by atoms with Gasteiger partial charge < -0.3 is 9.64 Å². The Morgan fingerprint density at radius 3 is 2.35 bits per heavy atom. The van der Waals surface area contributed by atoms with Crippen molar-refractivity contribution in [3.8, 4) is 0 Å². The van der Waals surface area contributed by atoms with Crippen LogP contribution < -0.4 is 4.90 Å². The molecule has 2 aliphatic rings. The molecule has 5 nitrogen and oxygen atoms in total. The van der Waals surface area contributed by atoms with Crippen LogP contribution in [0.1, 0.15) is 18.1 Å². The maximum absolute atomic E-state index is 14.4. The van der Waals surface area contributed by atoms with Crippen molar-refractivity contribution in [2.24, 2.45) is 5.92 Å². The number of piperazine rings is 1. The van der Waals surface area contributed by atoms with Gasteiger partial charge in [0.25, 0.3) is 11.8 Å². The van der Waals surface area contributed by atoms with Crippen molar-refractivity contribution in [2.75, 3.05) is 24.7 Å². The molecule has 2 aliphatic heterocycles. The van der Waals surface area contributed by atoms with Gasteiger partial charge in [-0.15, -0.1) is 0 Å². The summed E-state index contributed by atoms with van der Waals surface area (Å²) in [5.74, 6) is -4.66. The van der Waals surface area contributed by atoms with Gasteiger partial charge >= 0.3 is 0 Å². The van der Waals surface area contributed by atoms with Crippen LogP contribution in [-0.2, 0) is 26.8 Å². The number of amides is 2. The SMILES string of the molecule is CC(F)(F)c1ccc(CN2C(=O)CN(c3ccc(Cl)cc3F)C(=O)[C@H]2C2COC2)cc1. The van der Waals surface area contributed by atoms with E-state index in [-0.39, 0.29) is 41.2 Å². The van der Waals surface area contributed by atoms with E-state index in [2.05, 4.69) is 0 Å². The van der Waals surface area contributed by atoms with E-state index in [4.69, 9.17) is 16.3 Å². The zero-order valence-electron chi connectivity index (χ0n) is 16.7. The van der Waals surface area contributed by atoms with Crippen LogP contribution in [0, 0.1) is 11.7 Å². The number of halogens is 4. The van der Waals surface area contributed by atoms with Crippen LogP contribution in [0.4, 0.5) is 18.9 Å². The molecule has 0 aromatic heterocycles. The van der Waals surface area contributed by atoms with Gasteiger partial charge in [0.05, 0.1) is 18.9 Å². The van der Waals surface area contributed by atoms with E-state index in [0.29, 0.717) is 18.8 Å². The normalized spacial score (nSPS) is 20.2. The first-order valence-electron chi connectivity index (χ1n) is 9.76. The topological polar surface area (TPSA) is 49.9 Å². The summed E-state index contributed by atoms with van der Waals surface area (Å²) in [6.07, 6.45) is 0. The summed E-state index contributed by atoms with van der Waals surface area (Å²) in [6, 6.07) is 8.73. The average Bonchev–Trinajstić information content (AvgIpc) is 2.66. The third kappa shape index (κ3) is 4.27. The highest BCUT2D eigenvalue weighted by atomic mass is 35.5. The molecule has 0 N–H and O–H groups in total. The number of hydrogen-bond acceptors (Lipinski definition) is 3. The Bertz CT molecular complexity index is 1010. The first-order chi connectivity index (χ1) is 14.6. The first kappa shape index (κ1) is 21.6. The molecule has 0 radical (unpaired) electrons. The van der Waals surface area contributed by atoms with E-state index >= 15 is 0 Å². The second kappa shape index (κ2) is 8.16. The van der Waals surface area contributed by atoms with Crippen LogP contribution in [0.3, 0.4) is 0 Å². The molecule has 31 heavy (non-hydrogen) atoms. The summed E-state index contributed by atoms with van der Waals surface area (Å²) in [5, 5.41) is 0.184. The Morgan fingerprint density at radius 2 is 1.81 bits per heavy atom. The summed E-state index contributed by atoms with van der Waals surface area (Å²) in [4.78, 5) is 28.9. The summed E-state index contributed by atoms with van der Waals surface area (Å²) in [7, 11) is 0. The molecule has 9 heteroatoms. The number of hydrogen-bond donors (Lipinski definition) is 0. The van der Waals surface area contributed by atoms with E-state index in [1.54, 1.807) is 0 Å². The first-order valence-corrected chi connectivity index (χ1v) is 10.1. The molecule has 2 amide bonds. The average molecular weight is 453 g/mol. The van der Waals surface area contributed by atoms with Crippen LogP contribution >= 0.6 is 11.6 Å². The van der Waals surface area contributed by atoms with Crippen molar-refractivity contribution in [3.05, 3.63) is 64.4 Å². The van der Waals surface area contributed by atoms with Gasteiger partial charge in [0, 0.05) is 30.0 Å². The van der Waals surface area contributed by atoms with Crippen molar-refractivity contribution in [2.45, 2.75) is 25.4 Å². The fraction of sp³-hybridized carbons (Fsp3) is 0.364. The molecule has 2 saturated heterocycles. The predicted octanol–water partition coefficient (Wildman–Crippen LogP) is 3.98. The Kier molecular flexibility index (Phi) is 5.70. The third-order valence-corrected chi connectivity index (χ3v) is 5.83. The fourth-order valence-electron chi connectivity index (χ4n) is 3.83. The third-order valence-electron chi connectivity index (χ3n) is 5.59. The molecule has 0 spiro atoms. The van der Waals surface area contributed by atoms with Gasteiger partial charge in [0.1, 0.15) is 18.4 Å². The largest absolute Gasteiger partial charge is 0.380 e. The second-order valence-corrected chi connectivity index (χ2v) is 8.31. The summed E-state index contributed by atoms with van der Waals surface area (Å²) in [5.41, 5.74) is 0.471. The minimum absolute atomic E-state index is 0.0119. The van der Waals surface area contributed by atoms with Gasteiger partial charge in [0.15, 0.2) is 0 Å². The molecular weight excluding hydrogens is 433 g/mol. The molecule has 1 atom stereocenters. The number of nitrogens with zero attached hydrogens (tertiary/aromatic N) is 2. The van der Waals surface area contributed by atoms with Crippen LogP contribution in [0.25, 0.3) is 0 Å². The van der Waals surface area contributed by atoms with E-state index in [0.717, 1.165) is 17.9 Å². The number of anilines is 1. The zero-order chi connectivity index (χ0) is 22.3. The zero-order valence-corrected chi connectivity index (χ0v) is 17.4. The lowest BCUT2D eigenvalue weighted by atomic mass is 9.92. The summed E-state index contributed by atoms with van der Waals surface area (Å²) in [6.45, 7) is 1.17. The molecule has 0 saturated carbocycles. The van der Waals surface area contributed by atoms with E-state index in [9.17, 15) is 22.8 Å². The van der Waals surface area contributed by atoms with Crippen LogP contribution in [0.15, 0.2) is 42.5 Å². The summed E-state index contributed by atoms with van der Waals surface area (Å²) >= 11 is 5.80. The quantitative estimate of drug-likeness (QED) is 0.689. The maximum atomic E-state index is 14.4. The van der Waals surface area contributed by atoms with Gasteiger partial charge in [0.2, 0.25) is 5.91 Å². The standard InChI is InChI=1S/C22H20ClF3N2O3/c1-22(25,26)15-4-2-13(3-5-15)9-28-19(29)10-27(18-7-6-16(23)8-17(18)24)21(30)20(28)14-11-31-12-14/h2-8,14,20H,9-12H2,1H3/t20-/m1/s1. The Labute approximate surface area is 182 Å². The Balaban J connectivity index is 1.61. The molecule has 2 aromatic rings. The van der Waals surface area contributed by atoms with Crippen molar-refractivity contribution in [3.63, 3.8) is 0 Å². The number of carbonyl (C=O) groups excluding carboxylic acids is 2. The highest BCUT2D eigenvalue weighted by Crippen LogP contribution is 2.32. The minimum atomic E-state index is -2.97. The highest BCUT2D eigenvalue weighted by molar-refractivity contribution is 6.30. The van der Waals surface area contributed by atoms with E-state index < -0.39 is 23.7 Å². The Morgan fingerprint density at radius 1 is 1.13 bits per heavy atom. The predicted molar refractivity (Wildman–Crippen MR) is 108 cm³/mol. The maximum Gasteiger partial charge on any atom is 0.270 e. The van der Waals surface area contributed by atoms with Crippen LogP contribution in [0.5, 0.6) is 0 Å². The molecule has 0 aliphatic carbocycles. The molecular formula is C22H20ClF3N2O3. The second-order valence-electron chi connectivity index (χ2n) is 7.87. The molecule has 0 unspecified atom stereocenters. The van der Waals surface area contributed by atoms with Crippen molar-refractivity contribution < 1.29 is 27.5 Å². The van der Waals surface area contributed by atoms with Crippen LogP contribution in [-0.4, -0.2) is 42.5 Å². The number of rotatable bonds is 5. The van der Waals surface area contributed by atoms with Gasteiger partial charge in [-0.05, 0) is 23.8 Å². The number of ether oxygens (including phenoxy) is 1. The van der Waals surface area contributed by atoms with Gasteiger partial charge in [-0.2, -0.15) is 0 Å². The number of carbonyl (C=O) groups is 2. The minimum Gasteiger partial charge on any atom is -0.380 e. The lowest BCUT2D eigenvalue weighted by Gasteiger charge is -2.45. The van der Waals surface area contributed by atoms with Crippen molar-refractivity contribution in [1.29, 1.82) is 0 Å². The van der Waals surface area contributed by atoms with E-state index in [1.165, 1.54) is 41.3 Å². The Hall–Kier alpha value is -2.58.